The number of rotatable bonds is 3. The van der Waals surface area contributed by atoms with Crippen molar-refractivity contribution in [3.63, 3.8) is 0 Å². The van der Waals surface area contributed by atoms with Crippen molar-refractivity contribution < 1.29 is 4.79 Å². The van der Waals surface area contributed by atoms with Crippen molar-refractivity contribution in [2.45, 2.75) is 51.0 Å². The third kappa shape index (κ3) is 2.93. The van der Waals surface area contributed by atoms with Crippen LogP contribution in [0.1, 0.15) is 52.7 Å². The first-order valence-corrected chi connectivity index (χ1v) is 9.63. The van der Waals surface area contributed by atoms with Crippen LogP contribution in [0.3, 0.4) is 0 Å². The van der Waals surface area contributed by atoms with E-state index in [1.54, 1.807) is 0 Å². The van der Waals surface area contributed by atoms with Gasteiger partial charge in [-0.15, -0.1) is 0 Å². The zero-order valence-electron chi connectivity index (χ0n) is 15.1. The normalized spacial score (nSPS) is 23.6. The van der Waals surface area contributed by atoms with Crippen LogP contribution in [0.5, 0.6) is 0 Å². The first-order chi connectivity index (χ1) is 12.2. The van der Waals surface area contributed by atoms with Crippen LogP contribution in [0.2, 0.25) is 0 Å². The van der Waals surface area contributed by atoms with Crippen LogP contribution in [0.25, 0.3) is 0 Å². The second-order valence-electron chi connectivity index (χ2n) is 7.64. The fraction of sp³-hybridized carbons (Fsp3) is 0.435. The Kier molecular flexibility index (Phi) is 4.47. The van der Waals surface area contributed by atoms with Gasteiger partial charge in [0.2, 0.25) is 0 Å². The first kappa shape index (κ1) is 16.5. The number of likely N-dealkylation sites (tertiary alicyclic amines) is 1. The molecule has 2 aliphatic rings. The summed E-state index contributed by atoms with van der Waals surface area (Å²) in [5, 5.41) is 0. The molecule has 2 nitrogen and oxygen atoms in total. The van der Waals surface area contributed by atoms with Crippen LogP contribution >= 0.6 is 0 Å². The minimum absolute atomic E-state index is 0.255. The van der Waals surface area contributed by atoms with E-state index in [1.807, 2.05) is 12.1 Å². The van der Waals surface area contributed by atoms with E-state index in [0.29, 0.717) is 5.78 Å². The number of benzene rings is 2. The number of nitrogens with zero attached hydrogens (tertiary/aromatic N) is 1. The number of Topliss-reactive ketones (excluding diaryl/α,β-unsaturated/α-hetero) is 1. The highest BCUT2D eigenvalue weighted by molar-refractivity contribution is 6.05. The van der Waals surface area contributed by atoms with E-state index in [1.165, 1.54) is 29.5 Å². The van der Waals surface area contributed by atoms with E-state index < -0.39 is 0 Å². The minimum Gasteiger partial charge on any atom is -0.292 e. The molecule has 0 saturated carbocycles. The molecule has 1 atom stereocenters. The Balaban J connectivity index is 1.59. The van der Waals surface area contributed by atoms with Gasteiger partial charge in [-0.25, -0.2) is 0 Å². The fourth-order valence-corrected chi connectivity index (χ4v) is 4.77. The van der Waals surface area contributed by atoms with Crippen molar-refractivity contribution in [2.24, 2.45) is 0 Å². The smallest absolute Gasteiger partial charge is 0.183 e. The summed E-state index contributed by atoms with van der Waals surface area (Å²) in [5.41, 5.74) is 4.72. The van der Waals surface area contributed by atoms with Gasteiger partial charge >= 0.3 is 0 Å². The van der Waals surface area contributed by atoms with Gasteiger partial charge in [-0.05, 0) is 68.7 Å². The summed E-state index contributed by atoms with van der Waals surface area (Å²) >= 11 is 0. The lowest BCUT2D eigenvalue weighted by Crippen LogP contribution is -2.59. The van der Waals surface area contributed by atoms with Gasteiger partial charge in [0.15, 0.2) is 5.78 Å². The highest BCUT2D eigenvalue weighted by Crippen LogP contribution is 2.39. The van der Waals surface area contributed by atoms with Crippen LogP contribution in [0.4, 0.5) is 0 Å². The van der Waals surface area contributed by atoms with Gasteiger partial charge in [0.25, 0.3) is 0 Å². The number of fused-ring (bicyclic) bond motifs is 1. The van der Waals surface area contributed by atoms with E-state index in [9.17, 15) is 4.79 Å². The van der Waals surface area contributed by atoms with Gasteiger partial charge in [-0.1, -0.05) is 48.5 Å². The van der Waals surface area contributed by atoms with Gasteiger partial charge < -0.3 is 0 Å². The second kappa shape index (κ2) is 6.76. The molecular formula is C23H27NO. The van der Waals surface area contributed by atoms with Gasteiger partial charge in [0, 0.05) is 12.1 Å². The quantitative estimate of drug-likeness (QED) is 0.819. The van der Waals surface area contributed by atoms with Crippen LogP contribution in [-0.4, -0.2) is 29.3 Å². The highest BCUT2D eigenvalue weighted by atomic mass is 16.1. The Morgan fingerprint density at radius 2 is 1.80 bits per heavy atom. The summed E-state index contributed by atoms with van der Waals surface area (Å²) in [6.45, 7) is 4.22. The summed E-state index contributed by atoms with van der Waals surface area (Å²) in [5.74, 6) is 0.374. The molecule has 1 aliphatic heterocycles. The molecule has 4 rings (SSSR count). The maximum absolute atomic E-state index is 13.4. The number of ketones is 1. The molecule has 0 radical (unpaired) electrons. The van der Waals surface area contributed by atoms with Crippen molar-refractivity contribution >= 4 is 5.78 Å². The third-order valence-corrected chi connectivity index (χ3v) is 6.28. The largest absolute Gasteiger partial charge is 0.292 e. The summed E-state index contributed by atoms with van der Waals surface area (Å²) in [7, 11) is 0. The molecule has 1 unspecified atom stereocenters. The van der Waals surface area contributed by atoms with Gasteiger partial charge in [-0.3, -0.25) is 9.69 Å². The molecule has 25 heavy (non-hydrogen) atoms. The van der Waals surface area contributed by atoms with E-state index in [2.05, 4.69) is 48.2 Å². The predicted octanol–water partition coefficient (Wildman–Crippen LogP) is 4.59. The van der Waals surface area contributed by atoms with Crippen molar-refractivity contribution in [3.05, 3.63) is 70.8 Å². The average Bonchev–Trinajstić information content (AvgIpc) is 2.65. The zero-order valence-corrected chi connectivity index (χ0v) is 15.1. The Hall–Kier alpha value is -1.93. The molecule has 1 aliphatic carbocycles. The average molecular weight is 333 g/mol. The Morgan fingerprint density at radius 3 is 2.68 bits per heavy atom. The molecule has 1 saturated heterocycles. The summed E-state index contributed by atoms with van der Waals surface area (Å²) in [6, 6.07) is 16.9. The van der Waals surface area contributed by atoms with E-state index in [0.717, 1.165) is 44.3 Å². The summed E-state index contributed by atoms with van der Waals surface area (Å²) < 4.78 is 0. The molecule has 2 aromatic carbocycles. The first-order valence-electron chi connectivity index (χ1n) is 9.63. The number of carbonyl (C=O) groups is 1. The molecule has 1 spiro atoms. The maximum atomic E-state index is 13.4. The Bertz CT molecular complexity index is 781. The highest BCUT2D eigenvalue weighted by Gasteiger charge is 2.47. The number of hydrogen-bond donors (Lipinski definition) is 0. The molecule has 1 fully saturated rings. The molecule has 0 bridgehead atoms. The molecule has 0 N–H and O–H groups in total. The van der Waals surface area contributed by atoms with E-state index >= 15 is 0 Å². The van der Waals surface area contributed by atoms with Crippen molar-refractivity contribution in [3.8, 4) is 0 Å². The summed E-state index contributed by atoms with van der Waals surface area (Å²) in [6.07, 6.45) is 6.45. The maximum Gasteiger partial charge on any atom is 0.183 e. The van der Waals surface area contributed by atoms with Crippen LogP contribution in [0, 0.1) is 6.92 Å². The van der Waals surface area contributed by atoms with Crippen molar-refractivity contribution in [1.29, 1.82) is 0 Å². The topological polar surface area (TPSA) is 20.3 Å². The van der Waals surface area contributed by atoms with Crippen LogP contribution in [0.15, 0.2) is 48.5 Å². The molecule has 2 aromatic rings. The lowest BCUT2D eigenvalue weighted by atomic mass is 9.71. The monoisotopic (exact) mass is 333 g/mol. The summed E-state index contributed by atoms with van der Waals surface area (Å²) in [4.78, 5) is 16.0. The SMILES string of the molecule is Cc1ccccc1CCN1CCCCC12CCc1ccccc1C2=O. The van der Waals surface area contributed by atoms with Gasteiger partial charge in [0.05, 0.1) is 5.54 Å². The molecule has 130 valence electrons. The third-order valence-electron chi connectivity index (χ3n) is 6.28. The lowest BCUT2D eigenvalue weighted by molar-refractivity contribution is 0.0298. The number of piperidine rings is 1. The molecular weight excluding hydrogens is 306 g/mol. The second-order valence-corrected chi connectivity index (χ2v) is 7.64. The number of aryl methyl sites for hydroxylation is 2. The molecule has 2 heteroatoms. The van der Waals surface area contributed by atoms with E-state index in [-0.39, 0.29) is 5.54 Å². The van der Waals surface area contributed by atoms with Gasteiger partial charge in [0.1, 0.15) is 0 Å². The van der Waals surface area contributed by atoms with Crippen LogP contribution in [-0.2, 0) is 12.8 Å². The fourth-order valence-electron chi connectivity index (χ4n) is 4.77. The van der Waals surface area contributed by atoms with Crippen molar-refractivity contribution in [1.82, 2.24) is 4.90 Å². The molecule has 0 aromatic heterocycles. The lowest BCUT2D eigenvalue weighted by Gasteiger charge is -2.48. The molecule has 0 amide bonds. The minimum atomic E-state index is -0.255. The Labute approximate surface area is 150 Å². The number of carbonyl (C=O) groups excluding carboxylic acids is 1. The van der Waals surface area contributed by atoms with Gasteiger partial charge in [-0.2, -0.15) is 0 Å². The predicted molar refractivity (Wildman–Crippen MR) is 102 cm³/mol. The van der Waals surface area contributed by atoms with E-state index in [4.69, 9.17) is 0 Å². The van der Waals surface area contributed by atoms with Crippen molar-refractivity contribution in [2.75, 3.05) is 13.1 Å². The Morgan fingerprint density at radius 1 is 1.00 bits per heavy atom. The number of hydrogen-bond acceptors (Lipinski definition) is 2. The van der Waals surface area contributed by atoms with Crippen LogP contribution < -0.4 is 0 Å². The standard InChI is InChI=1S/C23H27NO/c1-18-8-2-3-9-19(18)13-17-24-16-7-6-14-23(24)15-12-20-10-4-5-11-21(20)22(23)25/h2-5,8-11H,6-7,12-17H2,1H3. The molecule has 1 heterocycles. The zero-order chi connectivity index (χ0) is 17.3.